The van der Waals surface area contributed by atoms with Crippen LogP contribution in [0.5, 0.6) is 0 Å². The molecule has 2 aromatic rings. The molecule has 2 rings (SSSR count). The quantitative estimate of drug-likeness (QED) is 0.828. The first-order valence-electron chi connectivity index (χ1n) is 8.17. The third-order valence-corrected chi connectivity index (χ3v) is 5.12. The molecule has 2 aromatic carbocycles. The molecule has 0 spiro atoms. The Morgan fingerprint density at radius 2 is 1.68 bits per heavy atom. The summed E-state index contributed by atoms with van der Waals surface area (Å²) < 4.78 is 27.7. The van der Waals surface area contributed by atoms with Gasteiger partial charge in [0.1, 0.15) is 0 Å². The molecule has 134 valence electrons. The van der Waals surface area contributed by atoms with Gasteiger partial charge in [-0.05, 0) is 49.6 Å². The first kappa shape index (κ1) is 19.0. The minimum atomic E-state index is -3.76. The maximum absolute atomic E-state index is 12.6. The Labute approximate surface area is 149 Å². The molecule has 6 heteroatoms. The maximum Gasteiger partial charge on any atom is 0.261 e. The van der Waals surface area contributed by atoms with Crippen molar-refractivity contribution in [2.24, 2.45) is 5.92 Å². The standard InChI is InChI=1S/C19H24N2O3S/c1-13(2)12-20-19(22)18-11-17(10-7-15(18)4)25(23,24)21-16-8-5-14(3)6-9-16/h5-11,13,21H,12H2,1-4H3,(H,20,22). The molecule has 0 fully saturated rings. The molecule has 25 heavy (non-hydrogen) atoms. The Hall–Kier alpha value is -2.34. The highest BCUT2D eigenvalue weighted by Crippen LogP contribution is 2.19. The summed E-state index contributed by atoms with van der Waals surface area (Å²) in [6.45, 7) is 8.25. The van der Waals surface area contributed by atoms with Crippen molar-refractivity contribution in [1.29, 1.82) is 0 Å². The van der Waals surface area contributed by atoms with E-state index < -0.39 is 10.0 Å². The van der Waals surface area contributed by atoms with Crippen LogP contribution in [0, 0.1) is 19.8 Å². The van der Waals surface area contributed by atoms with Gasteiger partial charge in [-0.25, -0.2) is 8.42 Å². The monoisotopic (exact) mass is 360 g/mol. The largest absolute Gasteiger partial charge is 0.352 e. The number of hydrogen-bond donors (Lipinski definition) is 2. The molecule has 5 nitrogen and oxygen atoms in total. The predicted molar refractivity (Wildman–Crippen MR) is 100 cm³/mol. The molecular weight excluding hydrogens is 336 g/mol. The summed E-state index contributed by atoms with van der Waals surface area (Å²) >= 11 is 0. The summed E-state index contributed by atoms with van der Waals surface area (Å²) in [4.78, 5) is 12.4. The van der Waals surface area contributed by atoms with Crippen LogP contribution >= 0.6 is 0 Å². The summed E-state index contributed by atoms with van der Waals surface area (Å²) in [5.41, 5.74) is 2.63. The molecule has 0 aliphatic carbocycles. The fourth-order valence-electron chi connectivity index (χ4n) is 2.24. The van der Waals surface area contributed by atoms with Crippen molar-refractivity contribution >= 4 is 21.6 Å². The average Bonchev–Trinajstić information content (AvgIpc) is 2.54. The summed E-state index contributed by atoms with van der Waals surface area (Å²) in [6, 6.07) is 11.6. The summed E-state index contributed by atoms with van der Waals surface area (Å²) in [5, 5.41) is 2.82. The third-order valence-electron chi connectivity index (χ3n) is 3.74. The predicted octanol–water partition coefficient (Wildman–Crippen LogP) is 3.49. The van der Waals surface area contributed by atoms with Crippen LogP contribution in [-0.2, 0) is 10.0 Å². The molecule has 0 aliphatic rings. The van der Waals surface area contributed by atoms with Gasteiger partial charge in [-0.15, -0.1) is 0 Å². The lowest BCUT2D eigenvalue weighted by Gasteiger charge is -2.12. The number of benzene rings is 2. The van der Waals surface area contributed by atoms with Gasteiger partial charge in [-0.2, -0.15) is 0 Å². The number of carbonyl (C=O) groups is 1. The van der Waals surface area contributed by atoms with Gasteiger partial charge in [0.05, 0.1) is 4.90 Å². The second-order valence-electron chi connectivity index (χ2n) is 6.55. The van der Waals surface area contributed by atoms with E-state index in [-0.39, 0.29) is 10.8 Å². The van der Waals surface area contributed by atoms with Gasteiger partial charge in [0.15, 0.2) is 0 Å². The van der Waals surface area contributed by atoms with E-state index in [4.69, 9.17) is 0 Å². The third kappa shape index (κ3) is 5.06. The van der Waals surface area contributed by atoms with Gasteiger partial charge < -0.3 is 5.32 Å². The van der Waals surface area contributed by atoms with Crippen LogP contribution < -0.4 is 10.0 Å². The normalized spacial score (nSPS) is 11.4. The number of aryl methyl sites for hydroxylation is 2. The van der Waals surface area contributed by atoms with Crippen molar-refractivity contribution in [3.05, 3.63) is 59.2 Å². The lowest BCUT2D eigenvalue weighted by molar-refractivity contribution is 0.0948. The van der Waals surface area contributed by atoms with Crippen LogP contribution in [0.25, 0.3) is 0 Å². The fourth-order valence-corrected chi connectivity index (χ4v) is 3.33. The summed E-state index contributed by atoms with van der Waals surface area (Å²) in [5.74, 6) is 0.0537. The Balaban J connectivity index is 2.27. The van der Waals surface area contributed by atoms with E-state index in [2.05, 4.69) is 10.0 Å². The van der Waals surface area contributed by atoms with Crippen LogP contribution in [0.3, 0.4) is 0 Å². The Bertz CT molecular complexity index is 857. The zero-order valence-corrected chi connectivity index (χ0v) is 15.8. The number of hydrogen-bond acceptors (Lipinski definition) is 3. The highest BCUT2D eigenvalue weighted by Gasteiger charge is 2.18. The SMILES string of the molecule is Cc1ccc(NS(=O)(=O)c2ccc(C)c(C(=O)NCC(C)C)c2)cc1. The van der Waals surface area contributed by atoms with E-state index in [1.165, 1.54) is 12.1 Å². The topological polar surface area (TPSA) is 75.3 Å². The van der Waals surface area contributed by atoms with E-state index in [0.717, 1.165) is 11.1 Å². The van der Waals surface area contributed by atoms with E-state index in [1.54, 1.807) is 25.1 Å². The molecule has 0 aliphatic heterocycles. The number of rotatable bonds is 6. The van der Waals surface area contributed by atoms with E-state index in [0.29, 0.717) is 23.7 Å². The number of anilines is 1. The second kappa shape index (κ2) is 7.70. The van der Waals surface area contributed by atoms with Crippen LogP contribution in [0.2, 0.25) is 0 Å². The Morgan fingerprint density at radius 3 is 2.28 bits per heavy atom. The van der Waals surface area contributed by atoms with Gasteiger partial charge in [-0.3, -0.25) is 9.52 Å². The molecule has 0 radical (unpaired) electrons. The van der Waals surface area contributed by atoms with Crippen molar-refractivity contribution in [2.45, 2.75) is 32.6 Å². The Morgan fingerprint density at radius 1 is 1.04 bits per heavy atom. The zero-order valence-electron chi connectivity index (χ0n) is 15.0. The second-order valence-corrected chi connectivity index (χ2v) is 8.23. The molecular formula is C19H24N2O3S. The number of sulfonamides is 1. The summed E-state index contributed by atoms with van der Waals surface area (Å²) in [7, 11) is -3.76. The van der Waals surface area contributed by atoms with Crippen molar-refractivity contribution in [3.63, 3.8) is 0 Å². The molecule has 2 N–H and O–H groups in total. The molecule has 0 aromatic heterocycles. The molecule has 0 unspecified atom stereocenters. The molecule has 0 saturated carbocycles. The molecule has 0 saturated heterocycles. The first-order chi connectivity index (χ1) is 11.7. The average molecular weight is 360 g/mol. The van der Waals surface area contributed by atoms with Gasteiger partial charge in [0, 0.05) is 17.8 Å². The highest BCUT2D eigenvalue weighted by atomic mass is 32.2. The minimum absolute atomic E-state index is 0.0633. The fraction of sp³-hybridized carbons (Fsp3) is 0.316. The van der Waals surface area contributed by atoms with Gasteiger partial charge >= 0.3 is 0 Å². The molecule has 0 atom stereocenters. The number of carbonyl (C=O) groups excluding carboxylic acids is 1. The summed E-state index contributed by atoms with van der Waals surface area (Å²) in [6.07, 6.45) is 0. The molecule has 1 amide bonds. The van der Waals surface area contributed by atoms with Crippen molar-refractivity contribution in [3.8, 4) is 0 Å². The van der Waals surface area contributed by atoms with Crippen molar-refractivity contribution in [2.75, 3.05) is 11.3 Å². The lowest BCUT2D eigenvalue weighted by atomic mass is 10.1. The first-order valence-corrected chi connectivity index (χ1v) is 9.65. The number of nitrogens with one attached hydrogen (secondary N) is 2. The maximum atomic E-state index is 12.6. The molecule has 0 bridgehead atoms. The van der Waals surface area contributed by atoms with Crippen LogP contribution in [0.15, 0.2) is 47.4 Å². The lowest BCUT2D eigenvalue weighted by Crippen LogP contribution is -2.28. The highest BCUT2D eigenvalue weighted by molar-refractivity contribution is 7.92. The van der Waals surface area contributed by atoms with Gasteiger partial charge in [0.25, 0.3) is 15.9 Å². The zero-order chi connectivity index (χ0) is 18.6. The number of amides is 1. The van der Waals surface area contributed by atoms with Crippen LogP contribution in [0.1, 0.15) is 35.3 Å². The van der Waals surface area contributed by atoms with Crippen molar-refractivity contribution < 1.29 is 13.2 Å². The van der Waals surface area contributed by atoms with Gasteiger partial charge in [0.2, 0.25) is 0 Å². The van der Waals surface area contributed by atoms with Crippen LogP contribution in [0.4, 0.5) is 5.69 Å². The minimum Gasteiger partial charge on any atom is -0.352 e. The van der Waals surface area contributed by atoms with Crippen LogP contribution in [-0.4, -0.2) is 20.9 Å². The van der Waals surface area contributed by atoms with E-state index in [9.17, 15) is 13.2 Å². The smallest absolute Gasteiger partial charge is 0.261 e. The van der Waals surface area contributed by atoms with E-state index in [1.807, 2.05) is 32.9 Å². The van der Waals surface area contributed by atoms with Crippen molar-refractivity contribution in [1.82, 2.24) is 5.32 Å². The van der Waals surface area contributed by atoms with Gasteiger partial charge in [-0.1, -0.05) is 37.6 Å². The molecule has 0 heterocycles. The Kier molecular flexibility index (Phi) is 5.85. The van der Waals surface area contributed by atoms with E-state index >= 15 is 0 Å².